The van der Waals surface area contributed by atoms with Crippen LogP contribution in [0, 0.1) is 0 Å². The number of hydrogen-bond acceptors (Lipinski definition) is 7. The van der Waals surface area contributed by atoms with E-state index in [9.17, 15) is 40.3 Å². The summed E-state index contributed by atoms with van der Waals surface area (Å²) in [4.78, 5) is 24.4. The molecule has 0 saturated carbocycles. The van der Waals surface area contributed by atoms with Gasteiger partial charge in [-0.2, -0.15) is 26.3 Å². The SMILES string of the molecule is Nc1cc(N)cc(COC(=O)/C=C/c2ccc(OC(=O)c3ccc(OCCCC(F)(C(F)(F)F)C(F)(F)F)cc3)cc2)c1. The third-order valence-electron chi connectivity index (χ3n) is 5.84. The maximum Gasteiger partial charge on any atom is 0.431 e. The fraction of sp³-hybridized carbons (Fsp3) is 0.241. The average molecular weight is 615 g/mol. The minimum atomic E-state index is -6.12. The Morgan fingerprint density at radius 2 is 1.33 bits per heavy atom. The Bertz CT molecular complexity index is 1400. The summed E-state index contributed by atoms with van der Waals surface area (Å²) < 4.78 is 105. The number of ether oxygens (including phenoxy) is 3. The first-order chi connectivity index (χ1) is 20.1. The second-order valence-electron chi connectivity index (χ2n) is 9.18. The summed E-state index contributed by atoms with van der Waals surface area (Å²) >= 11 is 0. The van der Waals surface area contributed by atoms with Crippen molar-refractivity contribution in [1.82, 2.24) is 0 Å². The number of carbonyl (C=O) groups excluding carboxylic acids is 2. The van der Waals surface area contributed by atoms with Gasteiger partial charge < -0.3 is 25.7 Å². The Balaban J connectivity index is 1.46. The molecule has 0 saturated heterocycles. The molecule has 3 aromatic carbocycles. The highest BCUT2D eigenvalue weighted by Gasteiger charge is 2.71. The molecule has 0 aliphatic heterocycles. The number of nitrogen functional groups attached to an aromatic ring is 2. The molecular formula is C29H25F7N2O5. The third kappa shape index (κ3) is 9.12. The summed E-state index contributed by atoms with van der Waals surface area (Å²) in [6, 6.07) is 16.0. The summed E-state index contributed by atoms with van der Waals surface area (Å²) in [6.07, 6.45) is -12.3. The Labute approximate surface area is 240 Å². The van der Waals surface area contributed by atoms with Crippen molar-refractivity contribution in [3.05, 3.63) is 89.5 Å². The molecule has 0 fully saturated rings. The molecular weight excluding hydrogens is 589 g/mol. The normalized spacial score (nSPS) is 12.3. The van der Waals surface area contributed by atoms with E-state index in [0.29, 0.717) is 22.5 Å². The van der Waals surface area contributed by atoms with E-state index in [1.54, 1.807) is 30.3 Å². The van der Waals surface area contributed by atoms with Crippen molar-refractivity contribution >= 4 is 29.4 Å². The van der Waals surface area contributed by atoms with E-state index in [2.05, 4.69) is 0 Å². The lowest BCUT2D eigenvalue weighted by Crippen LogP contribution is -2.53. The van der Waals surface area contributed by atoms with Crippen LogP contribution >= 0.6 is 0 Å². The molecule has 3 rings (SSSR count). The minimum absolute atomic E-state index is 0.0237. The number of benzene rings is 3. The van der Waals surface area contributed by atoms with Crippen molar-refractivity contribution in [2.75, 3.05) is 18.1 Å². The van der Waals surface area contributed by atoms with Crippen molar-refractivity contribution in [3.8, 4) is 11.5 Å². The predicted octanol–water partition coefficient (Wildman–Crippen LogP) is 6.82. The van der Waals surface area contributed by atoms with E-state index in [1.807, 2.05) is 0 Å². The van der Waals surface area contributed by atoms with Gasteiger partial charge in [0.25, 0.3) is 5.67 Å². The van der Waals surface area contributed by atoms with Gasteiger partial charge in [0.05, 0.1) is 12.2 Å². The molecule has 0 aliphatic carbocycles. The molecule has 0 bridgehead atoms. The van der Waals surface area contributed by atoms with Crippen LogP contribution in [-0.2, 0) is 16.1 Å². The Kier molecular flexibility index (Phi) is 10.3. The van der Waals surface area contributed by atoms with E-state index >= 15 is 0 Å². The first-order valence-corrected chi connectivity index (χ1v) is 12.4. The fourth-order valence-corrected chi connectivity index (χ4v) is 3.65. The van der Waals surface area contributed by atoms with E-state index in [0.717, 1.165) is 0 Å². The number of alkyl halides is 7. The predicted molar refractivity (Wildman–Crippen MR) is 143 cm³/mol. The largest absolute Gasteiger partial charge is 0.494 e. The van der Waals surface area contributed by atoms with Gasteiger partial charge in [-0.3, -0.25) is 0 Å². The highest BCUT2D eigenvalue weighted by molar-refractivity contribution is 5.91. The zero-order valence-corrected chi connectivity index (χ0v) is 22.2. The lowest BCUT2D eigenvalue weighted by Gasteiger charge is -2.29. The standard InChI is InChI=1S/C29H25F7N2O5/c30-27(28(31,32)33,29(34,35)36)12-1-13-41-23-9-5-20(6-10-23)26(40)43-24-7-2-18(3-8-24)4-11-25(39)42-17-19-14-21(37)16-22(38)15-19/h2-11,14-16H,1,12-13,17,37-38H2/b11-4+. The van der Waals surface area contributed by atoms with Gasteiger partial charge in [0, 0.05) is 23.9 Å². The highest BCUT2D eigenvalue weighted by Crippen LogP contribution is 2.48. The van der Waals surface area contributed by atoms with E-state index < -0.39 is 49.4 Å². The Morgan fingerprint density at radius 1 is 0.767 bits per heavy atom. The Hall–Kier alpha value is -4.75. The molecule has 0 unspecified atom stereocenters. The summed E-state index contributed by atoms with van der Waals surface area (Å²) in [6.45, 7) is -0.651. The quantitative estimate of drug-likeness (QED) is 0.0609. The second kappa shape index (κ2) is 13.5. The molecule has 0 aromatic heterocycles. The molecule has 0 spiro atoms. The fourth-order valence-electron chi connectivity index (χ4n) is 3.65. The number of hydrogen-bond donors (Lipinski definition) is 2. The zero-order valence-electron chi connectivity index (χ0n) is 22.2. The van der Waals surface area contributed by atoms with Crippen molar-refractivity contribution in [2.24, 2.45) is 0 Å². The zero-order chi connectivity index (χ0) is 31.8. The van der Waals surface area contributed by atoms with Gasteiger partial charge in [0.1, 0.15) is 18.1 Å². The van der Waals surface area contributed by atoms with Gasteiger partial charge in [-0.05, 0) is 78.2 Å². The maximum atomic E-state index is 13.7. The first kappa shape index (κ1) is 32.8. The van der Waals surface area contributed by atoms with Crippen molar-refractivity contribution in [1.29, 1.82) is 0 Å². The third-order valence-corrected chi connectivity index (χ3v) is 5.84. The Morgan fingerprint density at radius 3 is 1.88 bits per heavy atom. The number of anilines is 2. The van der Waals surface area contributed by atoms with Crippen LogP contribution in [0.4, 0.5) is 42.1 Å². The summed E-state index contributed by atoms with van der Waals surface area (Å²) in [7, 11) is 0. The van der Waals surface area contributed by atoms with Crippen molar-refractivity contribution in [3.63, 3.8) is 0 Å². The number of rotatable bonds is 11. The van der Waals surface area contributed by atoms with Crippen LogP contribution in [-0.4, -0.2) is 36.6 Å². The number of halogens is 7. The molecule has 14 heteroatoms. The maximum absolute atomic E-state index is 13.7. The van der Waals surface area contributed by atoms with Crippen LogP contribution in [0.1, 0.15) is 34.3 Å². The minimum Gasteiger partial charge on any atom is -0.494 e. The molecule has 0 radical (unpaired) electrons. The van der Waals surface area contributed by atoms with Gasteiger partial charge in [0.15, 0.2) is 0 Å². The molecule has 0 amide bonds. The van der Waals surface area contributed by atoms with Gasteiger partial charge in [-0.25, -0.2) is 14.0 Å². The van der Waals surface area contributed by atoms with Gasteiger partial charge >= 0.3 is 24.3 Å². The van der Waals surface area contributed by atoms with Crippen molar-refractivity contribution in [2.45, 2.75) is 37.5 Å². The highest BCUT2D eigenvalue weighted by atomic mass is 19.4. The van der Waals surface area contributed by atoms with E-state index in [-0.39, 0.29) is 23.7 Å². The van der Waals surface area contributed by atoms with Crippen LogP contribution < -0.4 is 20.9 Å². The molecule has 3 aromatic rings. The van der Waals surface area contributed by atoms with Crippen LogP contribution in [0.5, 0.6) is 11.5 Å². The summed E-state index contributed by atoms with van der Waals surface area (Å²) in [5, 5.41) is 0. The topological polar surface area (TPSA) is 114 Å². The summed E-state index contributed by atoms with van der Waals surface area (Å²) in [5.74, 6) is -1.17. The molecule has 0 atom stereocenters. The molecule has 230 valence electrons. The molecule has 43 heavy (non-hydrogen) atoms. The number of carbonyl (C=O) groups is 2. The smallest absolute Gasteiger partial charge is 0.431 e. The van der Waals surface area contributed by atoms with Gasteiger partial charge in [-0.15, -0.1) is 0 Å². The molecule has 0 aliphatic rings. The van der Waals surface area contributed by atoms with Crippen molar-refractivity contribution < 1.29 is 54.5 Å². The van der Waals surface area contributed by atoms with Crippen LogP contribution in [0.2, 0.25) is 0 Å². The van der Waals surface area contributed by atoms with Crippen LogP contribution in [0.3, 0.4) is 0 Å². The van der Waals surface area contributed by atoms with Crippen LogP contribution in [0.25, 0.3) is 6.08 Å². The lowest BCUT2D eigenvalue weighted by atomic mass is 9.98. The molecule has 4 N–H and O–H groups in total. The van der Waals surface area contributed by atoms with E-state index in [4.69, 9.17) is 25.7 Å². The van der Waals surface area contributed by atoms with Gasteiger partial charge in [0.2, 0.25) is 0 Å². The monoisotopic (exact) mass is 614 g/mol. The summed E-state index contributed by atoms with van der Waals surface area (Å²) in [5.41, 5.74) is 8.24. The lowest BCUT2D eigenvalue weighted by molar-refractivity contribution is -0.343. The average Bonchev–Trinajstić information content (AvgIpc) is 2.92. The first-order valence-electron chi connectivity index (χ1n) is 12.4. The van der Waals surface area contributed by atoms with E-state index in [1.165, 1.54) is 48.6 Å². The number of nitrogens with two attached hydrogens (primary N) is 2. The number of esters is 2. The molecule has 7 nitrogen and oxygen atoms in total. The van der Waals surface area contributed by atoms with Gasteiger partial charge in [-0.1, -0.05) is 12.1 Å². The second-order valence-corrected chi connectivity index (χ2v) is 9.18. The van der Waals surface area contributed by atoms with Crippen LogP contribution in [0.15, 0.2) is 72.8 Å². The molecule has 0 heterocycles.